The lowest BCUT2D eigenvalue weighted by atomic mass is 10.1. The highest BCUT2D eigenvalue weighted by Crippen LogP contribution is 2.23. The maximum absolute atomic E-state index is 10.6. The van der Waals surface area contributed by atoms with Crippen LogP contribution in [0.4, 0.5) is 11.4 Å². The van der Waals surface area contributed by atoms with E-state index in [4.69, 9.17) is 0 Å². The van der Waals surface area contributed by atoms with Crippen LogP contribution >= 0.6 is 0 Å². The van der Waals surface area contributed by atoms with E-state index < -0.39 is 4.92 Å². The van der Waals surface area contributed by atoms with E-state index in [0.717, 1.165) is 16.9 Å². The van der Waals surface area contributed by atoms with Gasteiger partial charge >= 0.3 is 0 Å². The number of hydrogen-bond acceptors (Lipinski definition) is 4. The minimum Gasteiger partial charge on any atom is -0.378 e. The van der Waals surface area contributed by atoms with Crippen LogP contribution in [0.2, 0.25) is 0 Å². The third-order valence-electron chi connectivity index (χ3n) is 2.62. The molecule has 0 aliphatic carbocycles. The zero-order chi connectivity index (χ0) is 13.1. The quantitative estimate of drug-likeness (QED) is 0.614. The molecule has 0 saturated heterocycles. The summed E-state index contributed by atoms with van der Waals surface area (Å²) >= 11 is 0. The molecule has 0 fully saturated rings. The first-order valence-electron chi connectivity index (χ1n) is 5.46. The fraction of sp³-hybridized carbons (Fsp3) is 0.154. The molecule has 1 aromatic heterocycles. The van der Waals surface area contributed by atoms with Crippen LogP contribution in [0.25, 0.3) is 11.3 Å². The third-order valence-corrected chi connectivity index (χ3v) is 2.62. The largest absolute Gasteiger partial charge is 0.378 e. The van der Waals surface area contributed by atoms with Crippen LogP contribution in [-0.4, -0.2) is 24.0 Å². The van der Waals surface area contributed by atoms with Gasteiger partial charge in [0, 0.05) is 31.4 Å². The van der Waals surface area contributed by atoms with Crippen molar-refractivity contribution >= 4 is 11.4 Å². The van der Waals surface area contributed by atoms with Gasteiger partial charge in [0.15, 0.2) is 0 Å². The van der Waals surface area contributed by atoms with Gasteiger partial charge in [-0.2, -0.15) is 0 Å². The Kier molecular flexibility index (Phi) is 3.23. The monoisotopic (exact) mass is 243 g/mol. The minimum atomic E-state index is -0.451. The molecular formula is C13H13N3O2. The second-order valence-electron chi connectivity index (χ2n) is 4.10. The summed E-state index contributed by atoms with van der Waals surface area (Å²) < 4.78 is 0. The average Bonchev–Trinajstić information content (AvgIpc) is 2.39. The maximum Gasteiger partial charge on any atom is 0.287 e. The second kappa shape index (κ2) is 4.83. The molecule has 0 unspecified atom stereocenters. The van der Waals surface area contributed by atoms with E-state index in [0.29, 0.717) is 0 Å². The molecule has 2 aromatic rings. The lowest BCUT2D eigenvalue weighted by Crippen LogP contribution is -2.08. The van der Waals surface area contributed by atoms with Gasteiger partial charge in [0.1, 0.15) is 6.20 Å². The van der Waals surface area contributed by atoms with Crippen LogP contribution in [0.3, 0.4) is 0 Å². The van der Waals surface area contributed by atoms with Crippen molar-refractivity contribution in [2.75, 3.05) is 19.0 Å². The maximum atomic E-state index is 10.6. The summed E-state index contributed by atoms with van der Waals surface area (Å²) in [4.78, 5) is 16.2. The van der Waals surface area contributed by atoms with E-state index in [1.807, 2.05) is 43.3 Å². The normalized spacial score (nSPS) is 10.1. The third kappa shape index (κ3) is 2.45. The van der Waals surface area contributed by atoms with Crippen LogP contribution in [0.15, 0.2) is 42.6 Å². The molecule has 92 valence electrons. The predicted octanol–water partition coefficient (Wildman–Crippen LogP) is 2.72. The summed E-state index contributed by atoms with van der Waals surface area (Å²) in [6.45, 7) is 0. The van der Waals surface area contributed by atoms with Crippen molar-refractivity contribution in [2.24, 2.45) is 0 Å². The molecular weight excluding hydrogens is 230 g/mol. The van der Waals surface area contributed by atoms with E-state index >= 15 is 0 Å². The summed E-state index contributed by atoms with van der Waals surface area (Å²) in [7, 11) is 3.92. The second-order valence-corrected chi connectivity index (χ2v) is 4.10. The van der Waals surface area contributed by atoms with Crippen LogP contribution < -0.4 is 4.90 Å². The number of aromatic nitrogens is 1. The molecule has 18 heavy (non-hydrogen) atoms. The van der Waals surface area contributed by atoms with E-state index in [1.165, 1.54) is 12.3 Å². The number of benzene rings is 1. The van der Waals surface area contributed by atoms with Gasteiger partial charge in [0.2, 0.25) is 0 Å². The van der Waals surface area contributed by atoms with Crippen molar-refractivity contribution in [3.8, 4) is 11.3 Å². The van der Waals surface area contributed by atoms with Crippen molar-refractivity contribution < 1.29 is 4.92 Å². The molecule has 5 nitrogen and oxygen atoms in total. The van der Waals surface area contributed by atoms with Crippen LogP contribution in [0.1, 0.15) is 0 Å². The van der Waals surface area contributed by atoms with E-state index in [1.54, 1.807) is 6.07 Å². The Hall–Kier alpha value is -2.43. The Balaban J connectivity index is 2.36. The number of pyridine rings is 1. The lowest BCUT2D eigenvalue weighted by Gasteiger charge is -2.13. The first-order chi connectivity index (χ1) is 8.58. The molecule has 1 aromatic carbocycles. The SMILES string of the molecule is CN(C)c1cccc(-c2ccc([N+](=O)[O-])cn2)c1. The molecule has 1 heterocycles. The lowest BCUT2D eigenvalue weighted by molar-refractivity contribution is -0.385. The fourth-order valence-corrected chi connectivity index (χ4v) is 1.61. The smallest absolute Gasteiger partial charge is 0.287 e. The van der Waals surface area contributed by atoms with Gasteiger partial charge in [-0.3, -0.25) is 10.1 Å². The number of anilines is 1. The molecule has 0 aliphatic rings. The Labute approximate surface area is 105 Å². The number of nitro groups is 1. The first kappa shape index (κ1) is 12.0. The Bertz CT molecular complexity index is 565. The van der Waals surface area contributed by atoms with Crippen molar-refractivity contribution in [3.05, 3.63) is 52.7 Å². The van der Waals surface area contributed by atoms with E-state index in [2.05, 4.69) is 4.98 Å². The van der Waals surface area contributed by atoms with Gasteiger partial charge in [-0.05, 0) is 18.2 Å². The summed E-state index contributed by atoms with van der Waals surface area (Å²) in [5.74, 6) is 0. The van der Waals surface area contributed by atoms with Gasteiger partial charge < -0.3 is 4.90 Å². The van der Waals surface area contributed by atoms with Gasteiger partial charge in [0.05, 0.1) is 10.6 Å². The molecule has 0 amide bonds. The standard InChI is InChI=1S/C13H13N3O2/c1-15(2)11-5-3-4-10(8-11)13-7-6-12(9-14-13)16(17)18/h3-9H,1-2H3. The van der Waals surface area contributed by atoms with Crippen molar-refractivity contribution in [2.45, 2.75) is 0 Å². The molecule has 5 heteroatoms. The van der Waals surface area contributed by atoms with Crippen molar-refractivity contribution in [3.63, 3.8) is 0 Å². The molecule has 0 saturated carbocycles. The zero-order valence-corrected chi connectivity index (χ0v) is 10.2. The highest BCUT2D eigenvalue weighted by atomic mass is 16.6. The molecule has 0 atom stereocenters. The summed E-state index contributed by atoms with van der Waals surface area (Å²) in [5, 5.41) is 10.6. The zero-order valence-electron chi connectivity index (χ0n) is 10.2. The number of nitrogens with zero attached hydrogens (tertiary/aromatic N) is 3. The van der Waals surface area contributed by atoms with E-state index in [-0.39, 0.29) is 5.69 Å². The molecule has 0 aliphatic heterocycles. The predicted molar refractivity (Wildman–Crippen MR) is 70.7 cm³/mol. The average molecular weight is 243 g/mol. The molecule has 0 N–H and O–H groups in total. The first-order valence-corrected chi connectivity index (χ1v) is 5.46. The van der Waals surface area contributed by atoms with Crippen LogP contribution in [0, 0.1) is 10.1 Å². The summed E-state index contributed by atoms with van der Waals surface area (Å²) in [5.41, 5.74) is 2.73. The Morgan fingerprint density at radius 3 is 2.56 bits per heavy atom. The van der Waals surface area contributed by atoms with Gasteiger partial charge in [-0.15, -0.1) is 0 Å². The Morgan fingerprint density at radius 2 is 2.00 bits per heavy atom. The fourth-order valence-electron chi connectivity index (χ4n) is 1.61. The summed E-state index contributed by atoms with van der Waals surface area (Å²) in [6.07, 6.45) is 1.28. The van der Waals surface area contributed by atoms with E-state index in [9.17, 15) is 10.1 Å². The molecule has 0 bridgehead atoms. The van der Waals surface area contributed by atoms with Crippen LogP contribution in [-0.2, 0) is 0 Å². The number of rotatable bonds is 3. The van der Waals surface area contributed by atoms with Crippen LogP contribution in [0.5, 0.6) is 0 Å². The van der Waals surface area contributed by atoms with Crippen molar-refractivity contribution in [1.82, 2.24) is 4.98 Å². The van der Waals surface area contributed by atoms with Crippen molar-refractivity contribution in [1.29, 1.82) is 0 Å². The number of hydrogen-bond donors (Lipinski definition) is 0. The Morgan fingerprint density at radius 1 is 1.22 bits per heavy atom. The summed E-state index contributed by atoms with van der Waals surface area (Å²) in [6, 6.07) is 11.0. The minimum absolute atomic E-state index is 0.00233. The highest BCUT2D eigenvalue weighted by Gasteiger charge is 2.07. The molecule has 0 spiro atoms. The van der Waals surface area contributed by atoms with Gasteiger partial charge in [0.25, 0.3) is 5.69 Å². The highest BCUT2D eigenvalue weighted by molar-refractivity contribution is 5.65. The topological polar surface area (TPSA) is 59.3 Å². The van der Waals surface area contributed by atoms with Gasteiger partial charge in [-0.1, -0.05) is 12.1 Å². The van der Waals surface area contributed by atoms with Gasteiger partial charge in [-0.25, -0.2) is 4.98 Å². The molecule has 0 radical (unpaired) electrons. The molecule has 2 rings (SSSR count).